The highest BCUT2D eigenvalue weighted by Gasteiger charge is 2.22. The van der Waals surface area contributed by atoms with Crippen LogP contribution in [0.2, 0.25) is 0 Å². The van der Waals surface area contributed by atoms with Gasteiger partial charge in [-0.1, -0.05) is 6.42 Å². The van der Waals surface area contributed by atoms with Gasteiger partial charge in [0.05, 0.1) is 0 Å². The maximum absolute atomic E-state index is 4.34. The number of aryl methyl sites for hydroxylation is 1. The van der Waals surface area contributed by atoms with E-state index >= 15 is 0 Å². The van der Waals surface area contributed by atoms with Crippen molar-refractivity contribution in [3.05, 3.63) is 10.8 Å². The van der Waals surface area contributed by atoms with E-state index in [2.05, 4.69) is 9.36 Å². The van der Waals surface area contributed by atoms with E-state index in [0.29, 0.717) is 5.92 Å². The summed E-state index contributed by atoms with van der Waals surface area (Å²) in [6.07, 6.45) is 3.97. The normalized spacial score (nSPS) is 18.9. The lowest BCUT2D eigenvalue weighted by Crippen LogP contribution is -2.10. The summed E-state index contributed by atoms with van der Waals surface area (Å²) < 4.78 is 4.27. The molecule has 10 heavy (non-hydrogen) atoms. The van der Waals surface area contributed by atoms with Crippen molar-refractivity contribution in [2.75, 3.05) is 0 Å². The molecule has 1 aromatic rings. The van der Waals surface area contributed by atoms with Gasteiger partial charge >= 0.3 is 0 Å². The van der Waals surface area contributed by atoms with Crippen LogP contribution in [0.3, 0.4) is 0 Å². The Hall–Kier alpha value is -0.440. The van der Waals surface area contributed by atoms with Gasteiger partial charge in [-0.2, -0.15) is 4.37 Å². The molecule has 0 saturated heterocycles. The van der Waals surface area contributed by atoms with Crippen LogP contribution >= 0.6 is 11.5 Å². The fraction of sp³-hybridized carbons (Fsp3) is 0.714. The highest BCUT2D eigenvalue weighted by molar-refractivity contribution is 7.05. The molecule has 0 N–H and O–H groups in total. The van der Waals surface area contributed by atoms with Crippen LogP contribution in [-0.2, 0) is 0 Å². The third-order valence-corrected chi connectivity index (χ3v) is 2.65. The van der Waals surface area contributed by atoms with Crippen LogP contribution in [0.5, 0.6) is 0 Å². The first-order chi connectivity index (χ1) is 4.86. The Morgan fingerprint density at radius 1 is 1.50 bits per heavy atom. The van der Waals surface area contributed by atoms with Gasteiger partial charge in [0.1, 0.15) is 10.8 Å². The van der Waals surface area contributed by atoms with E-state index in [1.165, 1.54) is 30.8 Å². The molecule has 0 atom stereocenters. The van der Waals surface area contributed by atoms with Gasteiger partial charge < -0.3 is 0 Å². The summed E-state index contributed by atoms with van der Waals surface area (Å²) in [5.74, 6) is 1.79. The molecule has 1 fully saturated rings. The Bertz CT molecular complexity index is 227. The van der Waals surface area contributed by atoms with Gasteiger partial charge in [0, 0.05) is 5.92 Å². The van der Waals surface area contributed by atoms with E-state index in [1.54, 1.807) is 0 Å². The number of nitrogens with zero attached hydrogens (tertiary/aromatic N) is 2. The molecule has 1 aliphatic rings. The maximum Gasteiger partial charge on any atom is 0.145 e. The van der Waals surface area contributed by atoms with Crippen LogP contribution in [0, 0.1) is 6.92 Å². The summed E-state index contributed by atoms with van der Waals surface area (Å²) in [5.41, 5.74) is 0. The quantitative estimate of drug-likeness (QED) is 0.619. The van der Waals surface area contributed by atoms with Crippen molar-refractivity contribution in [2.24, 2.45) is 0 Å². The molecule has 2 nitrogen and oxygen atoms in total. The lowest BCUT2D eigenvalue weighted by molar-refractivity contribution is 0.404. The second-order valence-electron chi connectivity index (χ2n) is 2.80. The van der Waals surface area contributed by atoms with E-state index in [0.717, 1.165) is 10.8 Å². The highest BCUT2D eigenvalue weighted by atomic mass is 32.1. The molecule has 0 amide bonds. The van der Waals surface area contributed by atoms with E-state index in [-0.39, 0.29) is 0 Å². The molecule has 0 aliphatic heterocycles. The van der Waals surface area contributed by atoms with Crippen molar-refractivity contribution >= 4 is 11.5 Å². The van der Waals surface area contributed by atoms with E-state index in [1.807, 2.05) is 6.92 Å². The third-order valence-electron chi connectivity index (χ3n) is 2.01. The molecule has 1 aliphatic carbocycles. The van der Waals surface area contributed by atoms with Crippen LogP contribution in [0.15, 0.2) is 0 Å². The molecule has 0 spiro atoms. The maximum atomic E-state index is 4.34. The first-order valence-corrected chi connectivity index (χ1v) is 4.44. The van der Waals surface area contributed by atoms with Gasteiger partial charge in [-0.3, -0.25) is 0 Å². The van der Waals surface area contributed by atoms with Gasteiger partial charge in [0.2, 0.25) is 0 Å². The van der Waals surface area contributed by atoms with E-state index < -0.39 is 0 Å². The Kier molecular flexibility index (Phi) is 1.45. The Labute approximate surface area is 64.5 Å². The fourth-order valence-corrected chi connectivity index (χ4v) is 1.70. The van der Waals surface area contributed by atoms with Crippen LogP contribution < -0.4 is 0 Å². The Morgan fingerprint density at radius 2 is 2.30 bits per heavy atom. The SMILES string of the molecule is Cc1nc(C2CCC2)ns1. The number of hydrogen-bond acceptors (Lipinski definition) is 3. The fourth-order valence-electron chi connectivity index (χ4n) is 1.15. The zero-order chi connectivity index (χ0) is 6.97. The highest BCUT2D eigenvalue weighted by Crippen LogP contribution is 2.34. The van der Waals surface area contributed by atoms with Crippen molar-refractivity contribution < 1.29 is 0 Å². The predicted molar refractivity (Wildman–Crippen MR) is 41.2 cm³/mol. The first-order valence-electron chi connectivity index (χ1n) is 3.66. The van der Waals surface area contributed by atoms with Crippen LogP contribution in [0.1, 0.15) is 36.0 Å². The minimum atomic E-state index is 0.699. The number of rotatable bonds is 1. The molecule has 2 rings (SSSR count). The lowest BCUT2D eigenvalue weighted by Gasteiger charge is -2.21. The van der Waals surface area contributed by atoms with Gasteiger partial charge in [-0.15, -0.1) is 0 Å². The predicted octanol–water partition coefficient (Wildman–Crippen LogP) is 2.11. The average Bonchev–Trinajstić information content (AvgIpc) is 2.10. The van der Waals surface area contributed by atoms with E-state index in [9.17, 15) is 0 Å². The van der Waals surface area contributed by atoms with Crippen LogP contribution in [0.4, 0.5) is 0 Å². The molecule has 0 radical (unpaired) electrons. The van der Waals surface area contributed by atoms with Crippen molar-refractivity contribution in [2.45, 2.75) is 32.1 Å². The third kappa shape index (κ3) is 0.944. The van der Waals surface area contributed by atoms with Gasteiger partial charge in [-0.25, -0.2) is 4.98 Å². The van der Waals surface area contributed by atoms with Crippen molar-refractivity contribution in [1.82, 2.24) is 9.36 Å². The summed E-state index contributed by atoms with van der Waals surface area (Å²) in [5, 5.41) is 1.10. The van der Waals surface area contributed by atoms with Crippen molar-refractivity contribution in [3.63, 3.8) is 0 Å². The Morgan fingerprint density at radius 3 is 2.70 bits per heavy atom. The molecule has 0 aromatic carbocycles. The zero-order valence-corrected chi connectivity index (χ0v) is 6.82. The van der Waals surface area contributed by atoms with Crippen molar-refractivity contribution in [3.8, 4) is 0 Å². The molecule has 1 heterocycles. The largest absolute Gasteiger partial charge is 0.225 e. The second-order valence-corrected chi connectivity index (χ2v) is 3.76. The summed E-state index contributed by atoms with van der Waals surface area (Å²) in [7, 11) is 0. The van der Waals surface area contributed by atoms with E-state index in [4.69, 9.17) is 0 Å². The summed E-state index contributed by atoms with van der Waals surface area (Å²) in [6, 6.07) is 0. The van der Waals surface area contributed by atoms with Crippen LogP contribution in [-0.4, -0.2) is 9.36 Å². The zero-order valence-electron chi connectivity index (χ0n) is 6.00. The monoisotopic (exact) mass is 154 g/mol. The summed E-state index contributed by atoms with van der Waals surface area (Å²) in [4.78, 5) is 4.34. The molecule has 1 aromatic heterocycles. The molecular weight excluding hydrogens is 144 g/mol. The second kappa shape index (κ2) is 2.31. The van der Waals surface area contributed by atoms with Gasteiger partial charge in [0.25, 0.3) is 0 Å². The Balaban J connectivity index is 2.17. The lowest BCUT2D eigenvalue weighted by atomic mass is 9.85. The molecule has 3 heteroatoms. The molecular formula is C7H10N2S. The molecule has 1 saturated carbocycles. The topological polar surface area (TPSA) is 25.8 Å². The molecule has 0 unspecified atom stereocenters. The van der Waals surface area contributed by atoms with Gasteiger partial charge in [0.15, 0.2) is 0 Å². The minimum absolute atomic E-state index is 0.699. The first kappa shape index (κ1) is 6.28. The van der Waals surface area contributed by atoms with Gasteiger partial charge in [-0.05, 0) is 31.3 Å². The number of aromatic nitrogens is 2. The average molecular weight is 154 g/mol. The molecule has 0 bridgehead atoms. The number of hydrogen-bond donors (Lipinski definition) is 0. The standard InChI is InChI=1S/C7H10N2S/c1-5-8-7(9-10-5)6-3-2-4-6/h6H,2-4H2,1H3. The molecule has 54 valence electrons. The van der Waals surface area contributed by atoms with Crippen LogP contribution in [0.25, 0.3) is 0 Å². The summed E-state index contributed by atoms with van der Waals surface area (Å²) in [6.45, 7) is 2.01. The minimum Gasteiger partial charge on any atom is -0.225 e. The van der Waals surface area contributed by atoms with Crippen molar-refractivity contribution in [1.29, 1.82) is 0 Å². The smallest absolute Gasteiger partial charge is 0.145 e. The summed E-state index contributed by atoms with van der Waals surface area (Å²) >= 11 is 1.52.